The van der Waals surface area contributed by atoms with Crippen LogP contribution >= 0.6 is 11.6 Å². The third kappa shape index (κ3) is 5.02. The Hall–Kier alpha value is -1.59. The van der Waals surface area contributed by atoms with Crippen LogP contribution < -0.4 is 16.0 Å². The highest BCUT2D eigenvalue weighted by atomic mass is 35.5. The fourth-order valence-corrected chi connectivity index (χ4v) is 2.83. The number of quaternary nitrogens is 1. The monoisotopic (exact) mass is 310 g/mol. The SMILES string of the molecule is NC(=O)C1CC[NH+](CCC(=O)Nc2cccc(Cl)c2)CC1. The van der Waals surface area contributed by atoms with Gasteiger partial charge in [-0.3, -0.25) is 9.59 Å². The molecule has 6 heteroatoms. The normalized spacial score (nSPS) is 21.8. The number of hydrogen-bond acceptors (Lipinski definition) is 2. The van der Waals surface area contributed by atoms with Crippen molar-refractivity contribution in [3.05, 3.63) is 29.3 Å². The zero-order valence-corrected chi connectivity index (χ0v) is 12.7. The van der Waals surface area contributed by atoms with Gasteiger partial charge in [0.25, 0.3) is 0 Å². The topological polar surface area (TPSA) is 76.6 Å². The molecule has 0 aliphatic carbocycles. The maximum atomic E-state index is 11.9. The number of carbonyl (C=O) groups excluding carboxylic acids is 2. The average Bonchev–Trinajstić information content (AvgIpc) is 2.45. The molecule has 1 aromatic rings. The molecule has 2 rings (SSSR count). The molecule has 1 heterocycles. The molecule has 0 saturated carbocycles. The van der Waals surface area contributed by atoms with E-state index >= 15 is 0 Å². The first-order chi connectivity index (χ1) is 10.0. The van der Waals surface area contributed by atoms with E-state index in [1.54, 1.807) is 18.2 Å². The van der Waals surface area contributed by atoms with Gasteiger partial charge in [0.15, 0.2) is 0 Å². The number of benzene rings is 1. The lowest BCUT2D eigenvalue weighted by Gasteiger charge is -2.27. The minimum atomic E-state index is -0.201. The first-order valence-corrected chi connectivity index (χ1v) is 7.60. The molecule has 0 unspecified atom stereocenters. The largest absolute Gasteiger partial charge is 0.369 e. The molecular weight excluding hydrogens is 290 g/mol. The minimum absolute atomic E-state index is 0.00837. The molecule has 0 bridgehead atoms. The number of carbonyl (C=O) groups is 2. The molecule has 4 N–H and O–H groups in total. The number of likely N-dealkylation sites (tertiary alicyclic amines) is 1. The smallest absolute Gasteiger partial charge is 0.230 e. The Labute approximate surface area is 129 Å². The van der Waals surface area contributed by atoms with Crippen LogP contribution in [0.15, 0.2) is 24.3 Å². The highest BCUT2D eigenvalue weighted by molar-refractivity contribution is 6.30. The lowest BCUT2D eigenvalue weighted by Crippen LogP contribution is -3.13. The molecule has 21 heavy (non-hydrogen) atoms. The molecule has 0 atom stereocenters. The van der Waals surface area contributed by atoms with Crippen molar-refractivity contribution in [3.8, 4) is 0 Å². The van der Waals surface area contributed by atoms with Gasteiger partial charge in [-0.1, -0.05) is 17.7 Å². The van der Waals surface area contributed by atoms with Crippen molar-refractivity contribution in [3.63, 3.8) is 0 Å². The Bertz CT molecular complexity index is 513. The number of anilines is 1. The quantitative estimate of drug-likeness (QED) is 0.738. The zero-order valence-electron chi connectivity index (χ0n) is 11.9. The Morgan fingerprint density at radius 2 is 2.05 bits per heavy atom. The van der Waals surface area contributed by atoms with Gasteiger partial charge in [0.1, 0.15) is 0 Å². The summed E-state index contributed by atoms with van der Waals surface area (Å²) in [6.45, 7) is 2.58. The predicted octanol–water partition coefficient (Wildman–Crippen LogP) is 0.449. The molecule has 1 fully saturated rings. The highest BCUT2D eigenvalue weighted by Crippen LogP contribution is 2.14. The molecule has 1 aliphatic heterocycles. The van der Waals surface area contributed by atoms with Crippen molar-refractivity contribution in [1.82, 2.24) is 0 Å². The van der Waals surface area contributed by atoms with Crippen LogP contribution in [0.2, 0.25) is 5.02 Å². The van der Waals surface area contributed by atoms with E-state index in [-0.39, 0.29) is 17.7 Å². The molecule has 2 amide bonds. The van der Waals surface area contributed by atoms with Gasteiger partial charge in [0.2, 0.25) is 11.8 Å². The summed E-state index contributed by atoms with van der Waals surface area (Å²) < 4.78 is 0. The molecule has 0 spiro atoms. The maximum Gasteiger partial charge on any atom is 0.230 e. The molecule has 1 saturated heterocycles. The van der Waals surface area contributed by atoms with Crippen LogP contribution in [0.3, 0.4) is 0 Å². The van der Waals surface area contributed by atoms with Crippen molar-refractivity contribution in [2.75, 3.05) is 25.0 Å². The summed E-state index contributed by atoms with van der Waals surface area (Å²) in [7, 11) is 0. The second kappa shape index (κ2) is 7.43. The summed E-state index contributed by atoms with van der Waals surface area (Å²) in [6, 6.07) is 7.11. The van der Waals surface area contributed by atoms with Crippen LogP contribution in [0, 0.1) is 5.92 Å². The Kier molecular flexibility index (Phi) is 5.59. The first kappa shape index (κ1) is 15.8. The molecule has 1 aromatic carbocycles. The van der Waals surface area contributed by atoms with Gasteiger partial charge in [-0.05, 0) is 18.2 Å². The van der Waals surface area contributed by atoms with Crippen LogP contribution in [-0.4, -0.2) is 31.4 Å². The van der Waals surface area contributed by atoms with Gasteiger partial charge in [0, 0.05) is 29.5 Å². The zero-order chi connectivity index (χ0) is 15.2. The van der Waals surface area contributed by atoms with Crippen LogP contribution in [0.1, 0.15) is 19.3 Å². The number of primary amides is 1. The second-order valence-corrected chi connectivity index (χ2v) is 5.92. The van der Waals surface area contributed by atoms with Crippen LogP contribution in [0.4, 0.5) is 5.69 Å². The maximum absolute atomic E-state index is 11.9. The summed E-state index contributed by atoms with van der Waals surface area (Å²) in [6.07, 6.45) is 2.10. The number of hydrogen-bond donors (Lipinski definition) is 3. The van der Waals surface area contributed by atoms with Gasteiger partial charge in [-0.2, -0.15) is 0 Å². The summed E-state index contributed by atoms with van der Waals surface area (Å²) in [5.74, 6) is -0.205. The van der Waals surface area contributed by atoms with Crippen molar-refractivity contribution < 1.29 is 14.5 Å². The molecule has 114 valence electrons. The number of halogens is 1. The number of piperidine rings is 1. The van der Waals surface area contributed by atoms with E-state index in [1.807, 2.05) is 6.07 Å². The third-order valence-electron chi connectivity index (χ3n) is 3.91. The molecule has 1 aliphatic rings. The fraction of sp³-hybridized carbons (Fsp3) is 0.467. The van der Waals surface area contributed by atoms with Gasteiger partial charge in [-0.15, -0.1) is 0 Å². The van der Waals surface area contributed by atoms with Crippen molar-refractivity contribution >= 4 is 29.1 Å². The molecule has 0 aromatic heterocycles. The Balaban J connectivity index is 1.71. The van der Waals surface area contributed by atoms with E-state index in [4.69, 9.17) is 17.3 Å². The van der Waals surface area contributed by atoms with Crippen LogP contribution in [0.5, 0.6) is 0 Å². The Morgan fingerprint density at radius 1 is 1.33 bits per heavy atom. The number of amides is 2. The average molecular weight is 311 g/mol. The lowest BCUT2D eigenvalue weighted by atomic mass is 9.96. The van der Waals surface area contributed by atoms with Crippen LogP contribution in [0.25, 0.3) is 0 Å². The molecular formula is C15H21ClN3O2+. The van der Waals surface area contributed by atoms with Crippen molar-refractivity contribution in [2.45, 2.75) is 19.3 Å². The van der Waals surface area contributed by atoms with E-state index in [9.17, 15) is 9.59 Å². The summed E-state index contributed by atoms with van der Waals surface area (Å²) in [5.41, 5.74) is 6.03. The van der Waals surface area contributed by atoms with Gasteiger partial charge in [-0.25, -0.2) is 0 Å². The number of nitrogens with two attached hydrogens (primary N) is 1. The van der Waals surface area contributed by atoms with Crippen molar-refractivity contribution in [1.29, 1.82) is 0 Å². The first-order valence-electron chi connectivity index (χ1n) is 7.23. The Morgan fingerprint density at radius 3 is 2.67 bits per heavy atom. The van der Waals surface area contributed by atoms with E-state index < -0.39 is 0 Å². The van der Waals surface area contributed by atoms with E-state index in [1.165, 1.54) is 4.90 Å². The number of rotatable bonds is 5. The summed E-state index contributed by atoms with van der Waals surface area (Å²) in [4.78, 5) is 24.3. The lowest BCUT2D eigenvalue weighted by molar-refractivity contribution is -0.905. The minimum Gasteiger partial charge on any atom is -0.369 e. The second-order valence-electron chi connectivity index (χ2n) is 5.49. The van der Waals surface area contributed by atoms with E-state index in [0.717, 1.165) is 38.2 Å². The number of nitrogens with one attached hydrogen (secondary N) is 2. The van der Waals surface area contributed by atoms with Gasteiger partial charge >= 0.3 is 0 Å². The van der Waals surface area contributed by atoms with E-state index in [0.29, 0.717) is 11.4 Å². The van der Waals surface area contributed by atoms with Crippen LogP contribution in [-0.2, 0) is 9.59 Å². The van der Waals surface area contributed by atoms with Gasteiger partial charge < -0.3 is 16.0 Å². The van der Waals surface area contributed by atoms with Gasteiger partial charge in [0.05, 0.1) is 26.1 Å². The van der Waals surface area contributed by atoms with E-state index in [2.05, 4.69) is 5.32 Å². The predicted molar refractivity (Wildman–Crippen MR) is 82.2 cm³/mol. The molecule has 5 nitrogen and oxygen atoms in total. The third-order valence-corrected chi connectivity index (χ3v) is 4.14. The summed E-state index contributed by atoms with van der Waals surface area (Å²) in [5, 5.41) is 3.44. The highest BCUT2D eigenvalue weighted by Gasteiger charge is 2.25. The standard InChI is InChI=1S/C15H20ClN3O2/c16-12-2-1-3-13(10-12)18-14(20)6-9-19-7-4-11(5-8-19)15(17)21/h1-3,10-11H,4-9H2,(H2,17,21)(H,18,20)/p+1. The van der Waals surface area contributed by atoms with Crippen molar-refractivity contribution in [2.24, 2.45) is 11.7 Å². The fourth-order valence-electron chi connectivity index (χ4n) is 2.64. The summed E-state index contributed by atoms with van der Waals surface area (Å²) >= 11 is 5.87. The molecule has 0 radical (unpaired) electrons.